The Balaban J connectivity index is 0.00000124. The number of ether oxygens (including phenoxy) is 1. The standard InChI is InChI=1S/C23H21N3O2.C2H6/c1-27-24-14-15-26-22-13-6-5-12-21(22)23(25-26)19-10-7-11-20(16-19)28-17-18-8-3-2-4-9-18;1-2/h2-14,16H,15,17H2,1H3;1-2H3/b24-14+;. The topological polar surface area (TPSA) is 48.6 Å². The molecule has 30 heavy (non-hydrogen) atoms. The zero-order valence-electron chi connectivity index (χ0n) is 17.7. The second-order valence-corrected chi connectivity index (χ2v) is 6.32. The SMILES string of the molecule is CC.CO/N=C/Cn1nc(-c2cccc(OCc3ccccc3)c2)c2ccccc21. The first kappa shape index (κ1) is 21.1. The van der Waals surface area contributed by atoms with Gasteiger partial charge in [-0.1, -0.05) is 79.7 Å². The molecule has 0 spiro atoms. The molecule has 0 atom stereocenters. The normalized spacial score (nSPS) is 10.6. The Bertz CT molecular complexity index is 1090. The highest BCUT2D eigenvalue weighted by atomic mass is 16.6. The lowest BCUT2D eigenvalue weighted by Crippen LogP contribution is -2.01. The van der Waals surface area contributed by atoms with Crippen LogP contribution in [-0.4, -0.2) is 23.1 Å². The molecule has 1 heterocycles. The van der Waals surface area contributed by atoms with Gasteiger partial charge in [-0.2, -0.15) is 5.10 Å². The van der Waals surface area contributed by atoms with Gasteiger partial charge in [-0.25, -0.2) is 0 Å². The first-order valence-corrected chi connectivity index (χ1v) is 10.1. The molecule has 4 aromatic rings. The van der Waals surface area contributed by atoms with Gasteiger partial charge in [-0.3, -0.25) is 4.68 Å². The van der Waals surface area contributed by atoms with Gasteiger partial charge in [-0.15, -0.1) is 0 Å². The van der Waals surface area contributed by atoms with Crippen LogP contribution in [-0.2, 0) is 18.0 Å². The number of hydrogen-bond donors (Lipinski definition) is 0. The van der Waals surface area contributed by atoms with Crippen LogP contribution in [0.15, 0.2) is 84.0 Å². The van der Waals surface area contributed by atoms with Crippen molar-refractivity contribution in [3.8, 4) is 17.0 Å². The number of hydrogen-bond acceptors (Lipinski definition) is 4. The van der Waals surface area contributed by atoms with Crippen molar-refractivity contribution in [2.75, 3.05) is 7.11 Å². The van der Waals surface area contributed by atoms with Crippen LogP contribution < -0.4 is 4.74 Å². The number of fused-ring (bicyclic) bond motifs is 1. The average Bonchev–Trinajstić information content (AvgIpc) is 3.19. The number of nitrogens with zero attached hydrogens (tertiary/aromatic N) is 3. The van der Waals surface area contributed by atoms with Gasteiger partial charge in [0.25, 0.3) is 0 Å². The summed E-state index contributed by atoms with van der Waals surface area (Å²) < 4.78 is 7.90. The van der Waals surface area contributed by atoms with Gasteiger partial charge in [0, 0.05) is 10.9 Å². The minimum Gasteiger partial charge on any atom is -0.489 e. The van der Waals surface area contributed by atoms with Crippen LogP contribution in [0.1, 0.15) is 19.4 Å². The van der Waals surface area contributed by atoms with Crippen LogP contribution in [0, 0.1) is 0 Å². The Hall–Kier alpha value is -3.60. The summed E-state index contributed by atoms with van der Waals surface area (Å²) in [4.78, 5) is 4.76. The Kier molecular flexibility index (Phi) is 7.61. The van der Waals surface area contributed by atoms with E-state index in [1.807, 2.05) is 67.1 Å². The first-order valence-electron chi connectivity index (χ1n) is 10.1. The van der Waals surface area contributed by atoms with E-state index in [4.69, 9.17) is 14.7 Å². The molecule has 0 saturated heterocycles. The molecule has 0 amide bonds. The number of aromatic nitrogens is 2. The molecule has 0 aliphatic heterocycles. The van der Waals surface area contributed by atoms with Gasteiger partial charge in [0.15, 0.2) is 0 Å². The summed E-state index contributed by atoms with van der Waals surface area (Å²) >= 11 is 0. The highest BCUT2D eigenvalue weighted by molar-refractivity contribution is 5.93. The molecule has 5 heteroatoms. The third-order valence-corrected chi connectivity index (χ3v) is 4.45. The highest BCUT2D eigenvalue weighted by Gasteiger charge is 2.12. The molecule has 0 N–H and O–H groups in total. The molecule has 1 aromatic heterocycles. The fourth-order valence-corrected chi connectivity index (χ4v) is 3.14. The van der Waals surface area contributed by atoms with Crippen LogP contribution in [0.5, 0.6) is 5.75 Å². The molecule has 5 nitrogen and oxygen atoms in total. The summed E-state index contributed by atoms with van der Waals surface area (Å²) in [6, 6.07) is 26.4. The third-order valence-electron chi connectivity index (χ3n) is 4.45. The summed E-state index contributed by atoms with van der Waals surface area (Å²) in [5.41, 5.74) is 4.13. The van der Waals surface area contributed by atoms with E-state index in [0.717, 1.165) is 33.5 Å². The van der Waals surface area contributed by atoms with Crippen molar-refractivity contribution in [3.05, 3.63) is 84.4 Å². The van der Waals surface area contributed by atoms with E-state index in [2.05, 4.69) is 35.5 Å². The molecule has 0 aliphatic rings. The Morgan fingerprint density at radius 3 is 2.50 bits per heavy atom. The van der Waals surface area contributed by atoms with Crippen molar-refractivity contribution in [3.63, 3.8) is 0 Å². The first-order chi connectivity index (χ1) is 14.8. The van der Waals surface area contributed by atoms with Crippen LogP contribution >= 0.6 is 0 Å². The second kappa shape index (κ2) is 10.8. The van der Waals surface area contributed by atoms with Gasteiger partial charge in [0.2, 0.25) is 0 Å². The van der Waals surface area contributed by atoms with Crippen LogP contribution in [0.4, 0.5) is 0 Å². The lowest BCUT2D eigenvalue weighted by Gasteiger charge is -2.07. The molecule has 0 unspecified atom stereocenters. The lowest BCUT2D eigenvalue weighted by atomic mass is 10.1. The van der Waals surface area contributed by atoms with Crippen LogP contribution in [0.3, 0.4) is 0 Å². The van der Waals surface area contributed by atoms with E-state index < -0.39 is 0 Å². The molecule has 154 valence electrons. The van der Waals surface area contributed by atoms with Gasteiger partial charge in [0.05, 0.1) is 18.3 Å². The highest BCUT2D eigenvalue weighted by Crippen LogP contribution is 2.30. The number of benzene rings is 3. The van der Waals surface area contributed by atoms with E-state index in [9.17, 15) is 0 Å². The number of rotatable bonds is 7. The van der Waals surface area contributed by atoms with Crippen molar-refractivity contribution < 1.29 is 9.57 Å². The van der Waals surface area contributed by atoms with Crippen molar-refractivity contribution in [1.29, 1.82) is 0 Å². The average molecular weight is 402 g/mol. The fraction of sp³-hybridized carbons (Fsp3) is 0.200. The van der Waals surface area contributed by atoms with E-state index in [1.54, 1.807) is 6.21 Å². The minimum atomic E-state index is 0.535. The zero-order valence-corrected chi connectivity index (χ0v) is 17.7. The maximum Gasteiger partial charge on any atom is 0.120 e. The molecule has 0 bridgehead atoms. The van der Waals surface area contributed by atoms with Crippen molar-refractivity contribution in [2.24, 2.45) is 5.16 Å². The summed E-state index contributed by atoms with van der Waals surface area (Å²) in [6.45, 7) is 5.07. The van der Waals surface area contributed by atoms with Crippen molar-refractivity contribution in [2.45, 2.75) is 27.0 Å². The Morgan fingerprint density at radius 2 is 1.70 bits per heavy atom. The summed E-state index contributed by atoms with van der Waals surface area (Å²) in [7, 11) is 1.53. The predicted octanol–water partition coefficient (Wildman–Crippen LogP) is 5.94. The Morgan fingerprint density at radius 1 is 0.933 bits per heavy atom. The van der Waals surface area contributed by atoms with E-state index in [-0.39, 0.29) is 0 Å². The lowest BCUT2D eigenvalue weighted by molar-refractivity contribution is 0.214. The number of para-hydroxylation sites is 1. The number of oxime groups is 1. The van der Waals surface area contributed by atoms with Crippen molar-refractivity contribution >= 4 is 17.1 Å². The predicted molar refractivity (Wildman–Crippen MR) is 123 cm³/mol. The quantitative estimate of drug-likeness (QED) is 0.284. The maximum absolute atomic E-state index is 5.98. The van der Waals surface area contributed by atoms with Crippen LogP contribution in [0.25, 0.3) is 22.2 Å². The smallest absolute Gasteiger partial charge is 0.120 e. The van der Waals surface area contributed by atoms with E-state index in [0.29, 0.717) is 13.2 Å². The van der Waals surface area contributed by atoms with Crippen molar-refractivity contribution in [1.82, 2.24) is 9.78 Å². The largest absolute Gasteiger partial charge is 0.489 e. The van der Waals surface area contributed by atoms with E-state index >= 15 is 0 Å². The fourth-order valence-electron chi connectivity index (χ4n) is 3.14. The monoisotopic (exact) mass is 401 g/mol. The Labute approximate surface area is 177 Å². The van der Waals surface area contributed by atoms with Gasteiger partial charge in [0.1, 0.15) is 25.2 Å². The third kappa shape index (κ3) is 5.06. The van der Waals surface area contributed by atoms with Gasteiger partial charge < -0.3 is 9.57 Å². The molecule has 3 aromatic carbocycles. The molecule has 0 radical (unpaired) electrons. The molecular weight excluding hydrogens is 374 g/mol. The summed E-state index contributed by atoms with van der Waals surface area (Å²) in [5.74, 6) is 0.820. The molecule has 4 rings (SSSR count). The molecule has 0 fully saturated rings. The second-order valence-electron chi connectivity index (χ2n) is 6.32. The van der Waals surface area contributed by atoms with Gasteiger partial charge >= 0.3 is 0 Å². The zero-order chi connectivity index (χ0) is 21.2. The van der Waals surface area contributed by atoms with E-state index in [1.165, 1.54) is 7.11 Å². The van der Waals surface area contributed by atoms with Crippen LogP contribution in [0.2, 0.25) is 0 Å². The summed E-state index contributed by atoms with van der Waals surface area (Å²) in [6.07, 6.45) is 1.70. The summed E-state index contributed by atoms with van der Waals surface area (Å²) in [5, 5.41) is 9.71. The molecular formula is C25H27N3O2. The molecule has 0 aliphatic carbocycles. The minimum absolute atomic E-state index is 0.535. The molecule has 0 saturated carbocycles. The van der Waals surface area contributed by atoms with Gasteiger partial charge in [-0.05, 0) is 23.8 Å². The maximum atomic E-state index is 5.98.